The highest BCUT2D eigenvalue weighted by Gasteiger charge is 2.25. The third kappa shape index (κ3) is 5.38. The van der Waals surface area contributed by atoms with Crippen LogP contribution in [0.4, 0.5) is 0 Å². The summed E-state index contributed by atoms with van der Waals surface area (Å²) in [5.41, 5.74) is 0. The molecule has 110 valence electrons. The number of hydrogen-bond acceptors (Lipinski definition) is 4. The minimum Gasteiger partial charge on any atom is -0.465 e. The van der Waals surface area contributed by atoms with Crippen LogP contribution < -0.4 is 0 Å². The number of aliphatic hydroxyl groups excluding tert-OH is 1. The molecule has 20 heavy (non-hydrogen) atoms. The van der Waals surface area contributed by atoms with Gasteiger partial charge in [-0.05, 0) is 37.8 Å². The number of hydrogen-bond donors (Lipinski definition) is 1. The van der Waals surface area contributed by atoms with Crippen LogP contribution in [0.5, 0.6) is 0 Å². The van der Waals surface area contributed by atoms with Gasteiger partial charge < -0.3 is 14.3 Å². The van der Waals surface area contributed by atoms with Gasteiger partial charge in [0.15, 0.2) is 0 Å². The number of rotatable bonds is 9. The van der Waals surface area contributed by atoms with Crippen LogP contribution >= 0.6 is 0 Å². The number of aryl methyl sites for hydroxylation is 1. The normalized spacial score (nSPS) is 16.3. The van der Waals surface area contributed by atoms with E-state index in [-0.39, 0.29) is 13.2 Å². The highest BCUT2D eigenvalue weighted by Crippen LogP contribution is 2.30. The van der Waals surface area contributed by atoms with Crippen LogP contribution in [0.25, 0.3) is 0 Å². The molecule has 0 bridgehead atoms. The van der Waals surface area contributed by atoms with Gasteiger partial charge in [-0.3, -0.25) is 4.90 Å². The van der Waals surface area contributed by atoms with E-state index in [0.717, 1.165) is 30.5 Å². The van der Waals surface area contributed by atoms with Gasteiger partial charge in [0, 0.05) is 13.1 Å². The summed E-state index contributed by atoms with van der Waals surface area (Å²) in [6.07, 6.45) is 7.18. The number of ether oxygens (including phenoxy) is 1. The predicted molar refractivity (Wildman–Crippen MR) is 77.1 cm³/mol. The molecule has 1 aliphatic rings. The molecule has 1 aromatic rings. The molecule has 1 saturated carbocycles. The Morgan fingerprint density at radius 3 is 2.95 bits per heavy atom. The summed E-state index contributed by atoms with van der Waals surface area (Å²) in [4.78, 5) is 2.24. The summed E-state index contributed by atoms with van der Waals surface area (Å²) < 4.78 is 10.8. The lowest BCUT2D eigenvalue weighted by Crippen LogP contribution is -2.35. The molecule has 4 heteroatoms. The van der Waals surface area contributed by atoms with Crippen molar-refractivity contribution >= 4 is 0 Å². The number of terminal acetylenes is 1. The van der Waals surface area contributed by atoms with Crippen LogP contribution in [0.1, 0.15) is 24.4 Å². The molecule has 0 spiro atoms. The van der Waals surface area contributed by atoms with Gasteiger partial charge >= 0.3 is 0 Å². The quantitative estimate of drug-likeness (QED) is 0.552. The molecule has 1 aliphatic carbocycles. The predicted octanol–water partition coefficient (Wildman–Crippen LogP) is 1.81. The fourth-order valence-corrected chi connectivity index (χ4v) is 2.26. The average Bonchev–Trinajstić information content (AvgIpc) is 3.11. The minimum absolute atomic E-state index is 0.247. The van der Waals surface area contributed by atoms with Gasteiger partial charge in [-0.15, -0.1) is 6.42 Å². The van der Waals surface area contributed by atoms with Crippen LogP contribution in [0.3, 0.4) is 0 Å². The molecule has 1 fully saturated rings. The van der Waals surface area contributed by atoms with E-state index in [1.54, 1.807) is 0 Å². The van der Waals surface area contributed by atoms with Crippen LogP contribution in [0.2, 0.25) is 0 Å². The van der Waals surface area contributed by atoms with Gasteiger partial charge in [-0.1, -0.05) is 5.92 Å². The first-order chi connectivity index (χ1) is 9.67. The smallest absolute Gasteiger partial charge is 0.118 e. The Morgan fingerprint density at radius 1 is 1.55 bits per heavy atom. The fourth-order valence-electron chi connectivity index (χ4n) is 2.26. The van der Waals surface area contributed by atoms with E-state index in [1.807, 2.05) is 19.1 Å². The van der Waals surface area contributed by atoms with E-state index in [1.165, 1.54) is 12.8 Å². The molecule has 0 amide bonds. The topological polar surface area (TPSA) is 45.8 Å². The molecule has 4 nitrogen and oxygen atoms in total. The van der Waals surface area contributed by atoms with Crippen LogP contribution in [0.15, 0.2) is 16.5 Å². The van der Waals surface area contributed by atoms with Crippen LogP contribution in [0, 0.1) is 25.2 Å². The second kappa shape index (κ2) is 7.49. The summed E-state index contributed by atoms with van der Waals surface area (Å²) in [6, 6.07) is 3.97. The van der Waals surface area contributed by atoms with Gasteiger partial charge in [0.25, 0.3) is 0 Å². The summed E-state index contributed by atoms with van der Waals surface area (Å²) >= 11 is 0. The second-order valence-electron chi connectivity index (χ2n) is 5.52. The monoisotopic (exact) mass is 277 g/mol. The lowest BCUT2D eigenvalue weighted by Gasteiger charge is -2.24. The maximum absolute atomic E-state index is 10.00. The van der Waals surface area contributed by atoms with Crippen molar-refractivity contribution in [3.63, 3.8) is 0 Å². The number of nitrogens with zero attached hydrogens (tertiary/aromatic N) is 1. The molecule has 0 radical (unpaired) electrons. The Labute approximate surface area is 120 Å². The van der Waals surface area contributed by atoms with Crippen molar-refractivity contribution in [3.8, 4) is 12.3 Å². The number of furan rings is 1. The van der Waals surface area contributed by atoms with Crippen LogP contribution in [-0.4, -0.2) is 42.4 Å². The minimum atomic E-state index is -0.516. The highest BCUT2D eigenvalue weighted by molar-refractivity contribution is 5.05. The van der Waals surface area contributed by atoms with Gasteiger partial charge in [0.05, 0.1) is 19.3 Å². The molecule has 0 aromatic carbocycles. The maximum Gasteiger partial charge on any atom is 0.118 e. The molecule has 1 heterocycles. The fraction of sp³-hybridized carbons (Fsp3) is 0.625. The first kappa shape index (κ1) is 15.1. The molecule has 2 rings (SSSR count). The van der Waals surface area contributed by atoms with E-state index >= 15 is 0 Å². The zero-order valence-corrected chi connectivity index (χ0v) is 12.0. The Bertz CT molecular complexity index is 445. The first-order valence-corrected chi connectivity index (χ1v) is 7.14. The van der Waals surface area contributed by atoms with E-state index in [0.29, 0.717) is 6.54 Å². The first-order valence-electron chi connectivity index (χ1n) is 7.14. The van der Waals surface area contributed by atoms with Crippen molar-refractivity contribution in [2.24, 2.45) is 5.92 Å². The Balaban J connectivity index is 1.81. The van der Waals surface area contributed by atoms with E-state index in [4.69, 9.17) is 15.6 Å². The second-order valence-corrected chi connectivity index (χ2v) is 5.52. The van der Waals surface area contributed by atoms with E-state index in [9.17, 15) is 5.11 Å². The Hall–Kier alpha value is -1.28. The molecule has 0 aliphatic heterocycles. The van der Waals surface area contributed by atoms with Gasteiger partial charge in [-0.25, -0.2) is 0 Å². The summed E-state index contributed by atoms with van der Waals surface area (Å²) in [5, 5.41) is 10.00. The van der Waals surface area contributed by atoms with Crippen molar-refractivity contribution in [1.82, 2.24) is 4.90 Å². The standard InChI is InChI=1S/C16H23NO3/c1-3-8-19-12-15(18)10-17(9-14-5-6-14)11-16-7-4-13(2)20-16/h1,4,7,14-15,18H,5-6,8-12H2,2H3/t15-/m0/s1. The van der Waals surface area contributed by atoms with Crippen molar-refractivity contribution in [3.05, 3.63) is 23.7 Å². The Kier molecular flexibility index (Phi) is 5.66. The molecule has 1 N–H and O–H groups in total. The molecule has 0 unspecified atom stereocenters. The largest absolute Gasteiger partial charge is 0.465 e. The average molecular weight is 277 g/mol. The zero-order valence-electron chi connectivity index (χ0n) is 12.0. The van der Waals surface area contributed by atoms with E-state index < -0.39 is 6.10 Å². The summed E-state index contributed by atoms with van der Waals surface area (Å²) in [5.74, 6) is 5.03. The molecule has 0 saturated heterocycles. The molecule has 1 atom stereocenters. The summed E-state index contributed by atoms with van der Waals surface area (Å²) in [7, 11) is 0. The van der Waals surface area contributed by atoms with Gasteiger partial charge in [0.2, 0.25) is 0 Å². The zero-order chi connectivity index (χ0) is 14.4. The van der Waals surface area contributed by atoms with Crippen molar-refractivity contribution < 1.29 is 14.3 Å². The third-order valence-corrected chi connectivity index (χ3v) is 3.35. The lowest BCUT2D eigenvalue weighted by molar-refractivity contribution is 0.0238. The van der Waals surface area contributed by atoms with Crippen molar-refractivity contribution in [2.75, 3.05) is 26.3 Å². The van der Waals surface area contributed by atoms with Crippen LogP contribution in [-0.2, 0) is 11.3 Å². The Morgan fingerprint density at radius 2 is 2.35 bits per heavy atom. The SMILES string of the molecule is C#CCOC[C@@H](O)CN(Cc1ccc(C)o1)CC1CC1. The van der Waals surface area contributed by atoms with Crippen molar-refractivity contribution in [1.29, 1.82) is 0 Å². The number of aliphatic hydroxyl groups is 1. The maximum atomic E-state index is 10.00. The van der Waals surface area contributed by atoms with Gasteiger partial charge in [0.1, 0.15) is 18.1 Å². The van der Waals surface area contributed by atoms with E-state index in [2.05, 4.69) is 10.8 Å². The highest BCUT2D eigenvalue weighted by atomic mass is 16.5. The molecule has 1 aromatic heterocycles. The summed E-state index contributed by atoms with van der Waals surface area (Å²) in [6.45, 7) is 4.79. The lowest BCUT2D eigenvalue weighted by atomic mass is 10.2. The van der Waals surface area contributed by atoms with Gasteiger partial charge in [-0.2, -0.15) is 0 Å². The molecular formula is C16H23NO3. The molecular weight excluding hydrogens is 254 g/mol. The third-order valence-electron chi connectivity index (χ3n) is 3.35. The van der Waals surface area contributed by atoms with Crippen molar-refractivity contribution in [2.45, 2.75) is 32.4 Å².